The molecule has 5 nitrogen and oxygen atoms in total. The summed E-state index contributed by atoms with van der Waals surface area (Å²) in [6.45, 7) is 3.00. The molecule has 2 aromatic heterocycles. The standard InChI is InChI=1S/C13H17N5/c1-9-17-11(10-4-2-3-5-14-10)8-12(18-9)13-15-6-7-16-13/h6-8,10,14H,2-5H2,1H3,(H,15,16)/t10-/m1/s1. The van der Waals surface area contributed by atoms with Crippen LogP contribution in [0.5, 0.6) is 0 Å². The quantitative estimate of drug-likeness (QED) is 0.846. The average Bonchev–Trinajstić information content (AvgIpc) is 2.93. The minimum Gasteiger partial charge on any atom is -0.343 e. The molecule has 1 fully saturated rings. The van der Waals surface area contributed by atoms with E-state index < -0.39 is 0 Å². The van der Waals surface area contributed by atoms with E-state index in [4.69, 9.17) is 0 Å². The molecule has 18 heavy (non-hydrogen) atoms. The number of hydrogen-bond acceptors (Lipinski definition) is 4. The first-order valence-corrected chi connectivity index (χ1v) is 6.41. The van der Waals surface area contributed by atoms with Gasteiger partial charge >= 0.3 is 0 Å². The van der Waals surface area contributed by atoms with Crippen molar-refractivity contribution in [3.8, 4) is 11.5 Å². The lowest BCUT2D eigenvalue weighted by molar-refractivity contribution is 0.404. The van der Waals surface area contributed by atoms with Crippen molar-refractivity contribution in [1.29, 1.82) is 0 Å². The Morgan fingerprint density at radius 3 is 2.94 bits per heavy atom. The summed E-state index contributed by atoms with van der Waals surface area (Å²) in [5.41, 5.74) is 1.95. The van der Waals surface area contributed by atoms with Gasteiger partial charge in [0.1, 0.15) is 11.5 Å². The zero-order valence-corrected chi connectivity index (χ0v) is 10.5. The number of aromatic amines is 1. The lowest BCUT2D eigenvalue weighted by Crippen LogP contribution is -2.27. The van der Waals surface area contributed by atoms with Crippen LogP contribution in [0.25, 0.3) is 11.5 Å². The molecule has 2 aromatic rings. The van der Waals surface area contributed by atoms with E-state index >= 15 is 0 Å². The maximum absolute atomic E-state index is 4.55. The molecule has 3 rings (SSSR count). The van der Waals surface area contributed by atoms with E-state index in [0.29, 0.717) is 6.04 Å². The Morgan fingerprint density at radius 2 is 2.22 bits per heavy atom. The summed E-state index contributed by atoms with van der Waals surface area (Å²) < 4.78 is 0. The number of aryl methyl sites for hydroxylation is 1. The third-order valence-electron chi connectivity index (χ3n) is 3.27. The second-order valence-electron chi connectivity index (χ2n) is 4.67. The summed E-state index contributed by atoms with van der Waals surface area (Å²) in [6.07, 6.45) is 7.22. The van der Waals surface area contributed by atoms with Crippen LogP contribution < -0.4 is 5.32 Å². The number of nitrogens with zero attached hydrogens (tertiary/aromatic N) is 3. The molecule has 1 atom stereocenters. The third kappa shape index (κ3) is 2.26. The van der Waals surface area contributed by atoms with Crippen molar-refractivity contribution in [3.63, 3.8) is 0 Å². The maximum atomic E-state index is 4.55. The van der Waals surface area contributed by atoms with Crippen LogP contribution in [0.4, 0.5) is 0 Å². The van der Waals surface area contributed by atoms with Crippen LogP contribution in [0.1, 0.15) is 36.8 Å². The van der Waals surface area contributed by atoms with Crippen LogP contribution in [-0.4, -0.2) is 26.5 Å². The predicted octanol–water partition coefficient (Wildman–Crippen LogP) is 1.99. The van der Waals surface area contributed by atoms with Crippen LogP contribution in [0.2, 0.25) is 0 Å². The summed E-state index contributed by atoms with van der Waals surface area (Å²) in [4.78, 5) is 16.3. The second kappa shape index (κ2) is 4.86. The highest BCUT2D eigenvalue weighted by Crippen LogP contribution is 2.23. The number of aromatic nitrogens is 4. The zero-order valence-electron chi connectivity index (χ0n) is 10.5. The lowest BCUT2D eigenvalue weighted by Gasteiger charge is -2.23. The van der Waals surface area contributed by atoms with Gasteiger partial charge in [-0.3, -0.25) is 0 Å². The van der Waals surface area contributed by atoms with Gasteiger partial charge < -0.3 is 10.3 Å². The fourth-order valence-electron chi connectivity index (χ4n) is 2.40. The number of nitrogens with one attached hydrogen (secondary N) is 2. The number of hydrogen-bond donors (Lipinski definition) is 2. The van der Waals surface area contributed by atoms with Gasteiger partial charge in [0.25, 0.3) is 0 Å². The van der Waals surface area contributed by atoms with Crippen molar-refractivity contribution in [2.75, 3.05) is 6.54 Å². The van der Waals surface area contributed by atoms with Gasteiger partial charge in [0.2, 0.25) is 0 Å². The van der Waals surface area contributed by atoms with Crippen LogP contribution >= 0.6 is 0 Å². The Labute approximate surface area is 106 Å². The topological polar surface area (TPSA) is 66.5 Å². The molecule has 94 valence electrons. The van der Waals surface area contributed by atoms with Crippen LogP contribution in [0.3, 0.4) is 0 Å². The molecule has 0 unspecified atom stereocenters. The zero-order chi connectivity index (χ0) is 12.4. The van der Waals surface area contributed by atoms with Crippen molar-refractivity contribution in [1.82, 2.24) is 25.3 Å². The Balaban J connectivity index is 1.95. The smallest absolute Gasteiger partial charge is 0.156 e. The Bertz CT molecular complexity index is 514. The molecule has 1 saturated heterocycles. The molecule has 1 aliphatic heterocycles. The Morgan fingerprint density at radius 1 is 1.28 bits per heavy atom. The van der Waals surface area contributed by atoms with Gasteiger partial charge in [0, 0.05) is 18.4 Å². The van der Waals surface area contributed by atoms with E-state index in [2.05, 4.69) is 25.3 Å². The molecule has 5 heteroatoms. The lowest BCUT2D eigenvalue weighted by atomic mass is 10.0. The number of rotatable bonds is 2. The monoisotopic (exact) mass is 243 g/mol. The highest BCUT2D eigenvalue weighted by Gasteiger charge is 2.18. The van der Waals surface area contributed by atoms with E-state index in [9.17, 15) is 0 Å². The van der Waals surface area contributed by atoms with E-state index in [1.807, 2.05) is 19.2 Å². The summed E-state index contributed by atoms with van der Waals surface area (Å²) >= 11 is 0. The van der Waals surface area contributed by atoms with E-state index in [1.165, 1.54) is 12.8 Å². The molecule has 0 aromatic carbocycles. The minimum atomic E-state index is 0.356. The van der Waals surface area contributed by atoms with Crippen LogP contribution in [0.15, 0.2) is 18.5 Å². The molecule has 0 spiro atoms. The number of H-pyrrole nitrogens is 1. The van der Waals surface area contributed by atoms with Gasteiger partial charge in [-0.25, -0.2) is 15.0 Å². The number of imidazole rings is 1. The summed E-state index contributed by atoms with van der Waals surface area (Å²) in [7, 11) is 0. The van der Waals surface area contributed by atoms with Gasteiger partial charge in [0.15, 0.2) is 5.82 Å². The first-order chi connectivity index (χ1) is 8.83. The molecule has 1 aliphatic rings. The molecular weight excluding hydrogens is 226 g/mol. The molecule has 0 radical (unpaired) electrons. The molecule has 3 heterocycles. The highest BCUT2D eigenvalue weighted by molar-refractivity contribution is 5.49. The van der Waals surface area contributed by atoms with Crippen LogP contribution in [0, 0.1) is 6.92 Å². The fourth-order valence-corrected chi connectivity index (χ4v) is 2.40. The van der Waals surface area contributed by atoms with Gasteiger partial charge in [-0.15, -0.1) is 0 Å². The molecule has 0 bridgehead atoms. The average molecular weight is 243 g/mol. The van der Waals surface area contributed by atoms with E-state index in [-0.39, 0.29) is 0 Å². The molecular formula is C13H17N5. The summed E-state index contributed by atoms with van der Waals surface area (Å²) in [5, 5.41) is 3.51. The van der Waals surface area contributed by atoms with Crippen molar-refractivity contribution in [3.05, 3.63) is 30.0 Å². The molecule has 0 aliphatic carbocycles. The van der Waals surface area contributed by atoms with E-state index in [1.54, 1.807) is 6.20 Å². The summed E-state index contributed by atoms with van der Waals surface area (Å²) in [6, 6.07) is 2.39. The van der Waals surface area contributed by atoms with Crippen molar-refractivity contribution in [2.24, 2.45) is 0 Å². The highest BCUT2D eigenvalue weighted by atomic mass is 15.0. The SMILES string of the molecule is Cc1nc(-c2ncc[nH]2)cc([C@H]2CCCCN2)n1. The van der Waals surface area contributed by atoms with Crippen molar-refractivity contribution < 1.29 is 0 Å². The Hall–Kier alpha value is -1.75. The second-order valence-corrected chi connectivity index (χ2v) is 4.67. The van der Waals surface area contributed by atoms with Gasteiger partial charge in [-0.1, -0.05) is 6.42 Å². The van der Waals surface area contributed by atoms with Gasteiger partial charge in [-0.05, 0) is 32.4 Å². The third-order valence-corrected chi connectivity index (χ3v) is 3.27. The first-order valence-electron chi connectivity index (χ1n) is 6.41. The van der Waals surface area contributed by atoms with Crippen molar-refractivity contribution >= 4 is 0 Å². The molecule has 2 N–H and O–H groups in total. The normalized spacial score (nSPS) is 19.9. The number of piperidine rings is 1. The summed E-state index contributed by atoms with van der Waals surface area (Å²) in [5.74, 6) is 1.60. The molecule has 0 saturated carbocycles. The first kappa shape index (κ1) is 11.3. The largest absolute Gasteiger partial charge is 0.343 e. The van der Waals surface area contributed by atoms with E-state index in [0.717, 1.165) is 36.0 Å². The fraction of sp³-hybridized carbons (Fsp3) is 0.462. The maximum Gasteiger partial charge on any atom is 0.156 e. The van der Waals surface area contributed by atoms with Gasteiger partial charge in [0.05, 0.1) is 5.69 Å². The minimum absolute atomic E-state index is 0.356. The van der Waals surface area contributed by atoms with Crippen molar-refractivity contribution in [2.45, 2.75) is 32.2 Å². The predicted molar refractivity (Wildman–Crippen MR) is 68.9 cm³/mol. The van der Waals surface area contributed by atoms with Gasteiger partial charge in [-0.2, -0.15) is 0 Å². The van der Waals surface area contributed by atoms with Crippen LogP contribution in [-0.2, 0) is 0 Å². The Kier molecular flexibility index (Phi) is 3.06. The molecule has 0 amide bonds.